The van der Waals surface area contributed by atoms with Crippen molar-refractivity contribution >= 4 is 17.3 Å². The average Bonchev–Trinajstić information content (AvgIpc) is 2.76. The third-order valence-electron chi connectivity index (χ3n) is 5.76. The van der Waals surface area contributed by atoms with Gasteiger partial charge >= 0.3 is 0 Å². The fourth-order valence-electron chi connectivity index (χ4n) is 3.68. The molecule has 0 spiro atoms. The largest absolute Gasteiger partial charge is 0.390 e. The second-order valence-corrected chi connectivity index (χ2v) is 8.75. The van der Waals surface area contributed by atoms with Crippen LogP contribution in [0, 0.1) is 29.6 Å². The van der Waals surface area contributed by atoms with E-state index in [0.717, 1.165) is 0 Å². The quantitative estimate of drug-likeness (QED) is 0.579. The lowest BCUT2D eigenvalue weighted by Crippen LogP contribution is -2.53. The first-order valence-corrected chi connectivity index (χ1v) is 10.0. The lowest BCUT2D eigenvalue weighted by molar-refractivity contribution is -0.158. The van der Waals surface area contributed by atoms with E-state index in [1.54, 1.807) is 6.92 Å². The summed E-state index contributed by atoms with van der Waals surface area (Å²) in [6, 6.07) is 0. The van der Waals surface area contributed by atoms with Gasteiger partial charge in [0.15, 0.2) is 23.0 Å². The molecule has 2 N–H and O–H groups in total. The van der Waals surface area contributed by atoms with Crippen molar-refractivity contribution in [2.75, 3.05) is 0 Å². The second kappa shape index (κ2) is 9.23. The molecule has 1 aliphatic carbocycles. The molecule has 2 unspecified atom stereocenters. The highest BCUT2D eigenvalue weighted by atomic mass is 16.4. The molecule has 26 heavy (non-hydrogen) atoms. The van der Waals surface area contributed by atoms with E-state index >= 15 is 0 Å². The van der Waals surface area contributed by atoms with E-state index in [1.807, 2.05) is 34.6 Å². The molecule has 1 aliphatic rings. The predicted octanol–water partition coefficient (Wildman–Crippen LogP) is 2.95. The van der Waals surface area contributed by atoms with Crippen LogP contribution < -0.4 is 0 Å². The molecule has 1 fully saturated rings. The van der Waals surface area contributed by atoms with E-state index in [9.17, 15) is 24.6 Å². The monoisotopic (exact) mass is 368 g/mol. The Labute approximate surface area is 157 Å². The van der Waals surface area contributed by atoms with Crippen molar-refractivity contribution in [1.29, 1.82) is 0 Å². The molecule has 5 nitrogen and oxygen atoms in total. The highest BCUT2D eigenvalue weighted by molar-refractivity contribution is 6.27. The van der Waals surface area contributed by atoms with E-state index in [0.29, 0.717) is 37.5 Å². The zero-order chi connectivity index (χ0) is 20.2. The van der Waals surface area contributed by atoms with E-state index in [2.05, 4.69) is 0 Å². The first-order valence-electron chi connectivity index (χ1n) is 10.0. The van der Waals surface area contributed by atoms with E-state index < -0.39 is 46.8 Å². The third-order valence-corrected chi connectivity index (χ3v) is 5.76. The average molecular weight is 369 g/mol. The molecule has 0 bridgehead atoms. The van der Waals surface area contributed by atoms with E-state index in [4.69, 9.17) is 0 Å². The second-order valence-electron chi connectivity index (χ2n) is 8.75. The number of rotatable bonds is 10. The third kappa shape index (κ3) is 4.61. The van der Waals surface area contributed by atoms with Crippen molar-refractivity contribution < 1.29 is 24.6 Å². The molecule has 150 valence electrons. The Morgan fingerprint density at radius 2 is 1.58 bits per heavy atom. The van der Waals surface area contributed by atoms with Crippen molar-refractivity contribution in [3.63, 3.8) is 0 Å². The van der Waals surface area contributed by atoms with Gasteiger partial charge in [-0.2, -0.15) is 0 Å². The van der Waals surface area contributed by atoms with Gasteiger partial charge in [-0.25, -0.2) is 0 Å². The Morgan fingerprint density at radius 3 is 2.04 bits per heavy atom. The minimum absolute atomic E-state index is 0.232. The van der Waals surface area contributed by atoms with Gasteiger partial charge in [0.05, 0.1) is 12.0 Å². The first-order chi connectivity index (χ1) is 12.0. The summed E-state index contributed by atoms with van der Waals surface area (Å²) in [7, 11) is 0. The number of carbonyl (C=O) groups excluding carboxylic acids is 3. The molecular weight excluding hydrogens is 332 g/mol. The molecule has 0 amide bonds. The normalized spacial score (nSPS) is 28.8. The van der Waals surface area contributed by atoms with Crippen molar-refractivity contribution in [3.05, 3.63) is 0 Å². The number of ketones is 3. The topological polar surface area (TPSA) is 91.7 Å². The summed E-state index contributed by atoms with van der Waals surface area (Å²) in [6.07, 6.45) is 1.02. The zero-order valence-corrected chi connectivity index (χ0v) is 17.1. The van der Waals surface area contributed by atoms with Crippen LogP contribution >= 0.6 is 0 Å². The van der Waals surface area contributed by atoms with Crippen molar-refractivity contribution in [2.24, 2.45) is 29.6 Å². The van der Waals surface area contributed by atoms with Crippen LogP contribution in [-0.2, 0) is 14.4 Å². The smallest absolute Gasteiger partial charge is 0.185 e. The molecule has 5 atom stereocenters. The van der Waals surface area contributed by atoms with Gasteiger partial charge in [-0.05, 0) is 37.5 Å². The van der Waals surface area contributed by atoms with E-state index in [1.165, 1.54) is 0 Å². The van der Waals surface area contributed by atoms with Crippen LogP contribution in [0.3, 0.4) is 0 Å². The Morgan fingerprint density at radius 1 is 1.04 bits per heavy atom. The van der Waals surface area contributed by atoms with Gasteiger partial charge in [0.1, 0.15) is 5.92 Å². The summed E-state index contributed by atoms with van der Waals surface area (Å²) in [4.78, 5) is 38.5. The maximum atomic E-state index is 13.0. The predicted molar refractivity (Wildman–Crippen MR) is 101 cm³/mol. The summed E-state index contributed by atoms with van der Waals surface area (Å²) in [6.45, 7) is 11.5. The van der Waals surface area contributed by atoms with Crippen LogP contribution in [-0.4, -0.2) is 39.3 Å². The Kier molecular flexibility index (Phi) is 8.15. The molecule has 1 rings (SSSR count). The summed E-state index contributed by atoms with van der Waals surface area (Å²) in [5, 5.41) is 21.8. The van der Waals surface area contributed by atoms with Gasteiger partial charge in [0.25, 0.3) is 0 Å². The fraction of sp³-hybridized carbons (Fsp3) is 0.857. The van der Waals surface area contributed by atoms with Crippen molar-refractivity contribution in [2.45, 2.75) is 85.4 Å². The molecule has 0 radical (unpaired) electrons. The van der Waals surface area contributed by atoms with Gasteiger partial charge < -0.3 is 10.2 Å². The fourth-order valence-corrected chi connectivity index (χ4v) is 3.68. The highest BCUT2D eigenvalue weighted by Gasteiger charge is 2.64. The summed E-state index contributed by atoms with van der Waals surface area (Å²) in [5.41, 5.74) is -2.14. The number of hydrogen-bond donors (Lipinski definition) is 2. The molecule has 0 saturated heterocycles. The van der Waals surface area contributed by atoms with Crippen LogP contribution in [0.15, 0.2) is 0 Å². The van der Waals surface area contributed by atoms with Crippen LogP contribution in [0.2, 0.25) is 0 Å². The zero-order valence-electron chi connectivity index (χ0n) is 17.1. The molecule has 0 aromatic carbocycles. The van der Waals surface area contributed by atoms with E-state index in [-0.39, 0.29) is 6.42 Å². The maximum Gasteiger partial charge on any atom is 0.185 e. The molecule has 1 saturated carbocycles. The lowest BCUT2D eigenvalue weighted by atomic mass is 9.78. The number of aliphatic hydroxyl groups is 2. The highest BCUT2D eigenvalue weighted by Crippen LogP contribution is 2.42. The first kappa shape index (κ1) is 23.0. The SMILES string of the molecule is CCC(C)C(=O)C1C(=O)[C@H](CCC(C)C)[C@](O)([C@H](O)CCC(C)C)C1=O. The Hall–Kier alpha value is -1.07. The van der Waals surface area contributed by atoms with Crippen LogP contribution in [0.1, 0.15) is 73.6 Å². The van der Waals surface area contributed by atoms with Crippen LogP contribution in [0.5, 0.6) is 0 Å². The van der Waals surface area contributed by atoms with Gasteiger partial charge in [-0.1, -0.05) is 48.0 Å². The summed E-state index contributed by atoms with van der Waals surface area (Å²) in [5.74, 6) is -3.99. The maximum absolute atomic E-state index is 13.0. The van der Waals surface area contributed by atoms with Crippen molar-refractivity contribution in [3.8, 4) is 0 Å². The Bertz CT molecular complexity index is 524. The van der Waals surface area contributed by atoms with Crippen LogP contribution in [0.25, 0.3) is 0 Å². The summed E-state index contributed by atoms with van der Waals surface area (Å²) < 4.78 is 0. The summed E-state index contributed by atoms with van der Waals surface area (Å²) >= 11 is 0. The molecule has 0 heterocycles. The minimum atomic E-state index is -2.14. The van der Waals surface area contributed by atoms with Crippen molar-refractivity contribution in [1.82, 2.24) is 0 Å². The van der Waals surface area contributed by atoms with Gasteiger partial charge in [0, 0.05) is 5.92 Å². The molecule has 0 aliphatic heterocycles. The number of hydrogen-bond acceptors (Lipinski definition) is 5. The minimum Gasteiger partial charge on any atom is -0.390 e. The van der Waals surface area contributed by atoms with Crippen LogP contribution in [0.4, 0.5) is 0 Å². The molecule has 5 heteroatoms. The molecule has 0 aromatic rings. The number of Topliss-reactive ketones (excluding diaryl/α,β-unsaturated/α-hetero) is 3. The molecule has 0 aromatic heterocycles. The molecular formula is C21H36O5. The van der Waals surface area contributed by atoms with Gasteiger partial charge in [0.2, 0.25) is 0 Å². The standard InChI is InChI=1S/C21H36O5/c1-7-14(6)18(23)17-19(24)15(10-8-12(2)3)21(26,20(17)25)16(22)11-9-13(4)5/h12-17,22,26H,7-11H2,1-6H3/t14?,15-,16+,17?,21-/m0/s1. The lowest BCUT2D eigenvalue weighted by Gasteiger charge is -2.33. The number of carbonyl (C=O) groups is 3. The Balaban J connectivity index is 3.21. The number of aliphatic hydroxyl groups excluding tert-OH is 1. The van der Waals surface area contributed by atoms with Gasteiger partial charge in [-0.3, -0.25) is 14.4 Å². The van der Waals surface area contributed by atoms with Gasteiger partial charge in [-0.15, -0.1) is 0 Å².